The minimum atomic E-state index is -4.07. The van der Waals surface area contributed by atoms with Crippen LogP contribution in [0, 0.1) is 0 Å². The van der Waals surface area contributed by atoms with Crippen molar-refractivity contribution in [2.45, 2.75) is 88.4 Å². The third-order valence-electron chi connectivity index (χ3n) is 12.3. The summed E-state index contributed by atoms with van der Waals surface area (Å²) < 4.78 is 65.6. The van der Waals surface area contributed by atoms with Crippen LogP contribution in [0.15, 0.2) is 137 Å². The molecule has 7 rings (SSSR count). The molecule has 0 amide bonds. The molecular weight excluding hydrogens is 887 g/mol. The van der Waals surface area contributed by atoms with Crippen LogP contribution in [0.2, 0.25) is 0 Å². The van der Waals surface area contributed by atoms with E-state index in [2.05, 4.69) is 86.1 Å². The van der Waals surface area contributed by atoms with Gasteiger partial charge in [0.1, 0.15) is 0 Å². The molecule has 0 radical (unpaired) electrons. The Morgan fingerprint density at radius 3 is 1.54 bits per heavy atom. The van der Waals surface area contributed by atoms with E-state index in [0.717, 1.165) is 74.1 Å². The summed E-state index contributed by atoms with van der Waals surface area (Å²) in [4.78, 5) is 24.7. The van der Waals surface area contributed by atoms with Crippen LogP contribution in [0.5, 0.6) is 11.8 Å². The lowest BCUT2D eigenvalue weighted by Gasteiger charge is -2.27. The van der Waals surface area contributed by atoms with E-state index < -0.39 is 38.0 Å². The lowest BCUT2D eigenvalue weighted by molar-refractivity contribution is 0.0381. The number of para-hydroxylation sites is 2. The van der Waals surface area contributed by atoms with Crippen LogP contribution in [-0.4, -0.2) is 76.3 Å². The molecule has 4 aromatic rings. The number of carbonyl (C=O) groups excluding carboxylic acids is 1. The van der Waals surface area contributed by atoms with Crippen molar-refractivity contribution in [1.29, 1.82) is 0 Å². The summed E-state index contributed by atoms with van der Waals surface area (Å²) in [7, 11) is -8.15. The second-order valence-electron chi connectivity index (χ2n) is 17.6. The smallest absolute Gasteiger partial charge is 0.363 e. The van der Waals surface area contributed by atoms with Crippen molar-refractivity contribution in [3.63, 3.8) is 0 Å². The Morgan fingerprint density at radius 1 is 0.646 bits per heavy atom. The third kappa shape index (κ3) is 10.8. The number of rotatable bonds is 15. The summed E-state index contributed by atoms with van der Waals surface area (Å²) in [6.45, 7) is 9.89. The highest BCUT2D eigenvalue weighted by atomic mass is 32.2. The number of nitrogens with zero attached hydrogens (tertiary/aromatic N) is 3. The molecule has 1 saturated carbocycles. The van der Waals surface area contributed by atoms with Crippen molar-refractivity contribution >= 4 is 53.8 Å². The number of benzene rings is 3. The van der Waals surface area contributed by atoms with Crippen LogP contribution in [0.25, 0.3) is 0 Å². The SMILES string of the molecule is CC1(C)C(=C/C=C2\CCC/C(=C\C=C3/N(CCCCS(=O)(=O)O)c4ccccc4C3(C)C)C2=[S+]c2ccc(C(=O)On3c(O)ccc3O)cc2)N(CCCCS(=O)(=O)O)c2ccccc21. The molecule has 1 fully saturated rings. The first-order valence-electron chi connectivity index (χ1n) is 21.7. The van der Waals surface area contributed by atoms with E-state index in [9.17, 15) is 40.9 Å². The normalized spacial score (nSPS) is 20.0. The van der Waals surface area contributed by atoms with Gasteiger partial charge >= 0.3 is 5.97 Å². The zero-order chi connectivity index (χ0) is 46.7. The predicted molar refractivity (Wildman–Crippen MR) is 257 cm³/mol. The fourth-order valence-corrected chi connectivity index (χ4v) is 11.2. The maximum atomic E-state index is 13.0. The average molecular weight is 943 g/mol. The molecule has 4 N–H and O–H groups in total. The minimum absolute atomic E-state index is 0.218. The van der Waals surface area contributed by atoms with E-state index in [1.165, 1.54) is 12.1 Å². The maximum absolute atomic E-state index is 13.0. The zero-order valence-electron chi connectivity index (χ0n) is 37.0. The summed E-state index contributed by atoms with van der Waals surface area (Å²) >= 11 is 1.59. The number of unbranched alkanes of at least 4 members (excludes halogenated alkanes) is 2. The predicted octanol–water partition coefficient (Wildman–Crippen LogP) is 8.52. The Balaban J connectivity index is 1.28. The van der Waals surface area contributed by atoms with Crippen LogP contribution in [0.3, 0.4) is 0 Å². The largest absolute Gasteiger partial charge is 0.492 e. The number of fused-ring (bicyclic) bond motifs is 2. The molecule has 16 heteroatoms. The highest BCUT2D eigenvalue weighted by Crippen LogP contribution is 2.49. The van der Waals surface area contributed by atoms with Gasteiger partial charge in [-0.15, -0.1) is 4.73 Å². The van der Waals surface area contributed by atoms with Gasteiger partial charge in [0.2, 0.25) is 32.9 Å². The van der Waals surface area contributed by atoms with Gasteiger partial charge in [0.05, 0.1) is 17.1 Å². The van der Waals surface area contributed by atoms with Crippen molar-refractivity contribution < 1.29 is 45.8 Å². The number of aromatic hydroxyl groups is 2. The van der Waals surface area contributed by atoms with Crippen LogP contribution in [-0.2, 0) is 42.4 Å². The Labute approximate surface area is 385 Å². The molecule has 0 spiro atoms. The monoisotopic (exact) mass is 942 g/mol. The molecule has 1 aromatic heterocycles. The maximum Gasteiger partial charge on any atom is 0.363 e. The van der Waals surface area contributed by atoms with Crippen molar-refractivity contribution in [1.82, 2.24) is 4.73 Å². The highest BCUT2D eigenvalue weighted by Gasteiger charge is 2.41. The van der Waals surface area contributed by atoms with Crippen LogP contribution >= 0.6 is 0 Å². The first kappa shape index (κ1) is 47.4. The van der Waals surface area contributed by atoms with E-state index in [0.29, 0.717) is 43.5 Å². The molecule has 0 atom stereocenters. The average Bonchev–Trinajstić information content (AvgIpc) is 3.77. The second-order valence-corrected chi connectivity index (χ2v) is 21.8. The number of aromatic nitrogens is 1. The Morgan fingerprint density at radius 2 is 1.09 bits per heavy atom. The fraction of sp³-hybridized carbons (Fsp3) is 0.347. The summed E-state index contributed by atoms with van der Waals surface area (Å²) in [5, 5.41) is 20.0. The van der Waals surface area contributed by atoms with E-state index >= 15 is 0 Å². The zero-order valence-corrected chi connectivity index (χ0v) is 39.4. The molecular formula is C49H56N3O10S3+. The summed E-state index contributed by atoms with van der Waals surface area (Å²) in [5.41, 5.74) is 8.31. The van der Waals surface area contributed by atoms with Crippen molar-refractivity contribution in [2.75, 3.05) is 34.4 Å². The molecule has 0 unspecified atom stereocenters. The van der Waals surface area contributed by atoms with Gasteiger partial charge in [-0.1, -0.05) is 76.2 Å². The number of hydrogen-bond donors (Lipinski definition) is 4. The van der Waals surface area contributed by atoms with Gasteiger partial charge in [-0.2, -0.15) is 16.8 Å². The standard InChI is InChI=1S/C49H55N3O10S3/c1-48(2)38-16-5-7-18-40(38)50(30-9-11-32-64(56,57)58)42(48)26-22-34-14-13-15-35(46(34)63-37-24-20-36(21-25-37)47(55)62-52-44(53)28-29-45(52)54)23-27-43-49(3,4)39-17-6-8-19-41(39)51(43)31-10-12-33-65(59,60)61/h5-8,16-29H,9-15,30-33H2,1-4H3,(H3-,53,54,56,57,58,59,60,61)/p+1/b34-22+,35-23+,42-26-,43-27?. The minimum Gasteiger partial charge on any atom is -0.492 e. The molecule has 3 heterocycles. The topological polar surface area (TPSA) is 187 Å². The highest BCUT2D eigenvalue weighted by molar-refractivity contribution is 7.86. The van der Waals surface area contributed by atoms with Gasteiger partial charge in [-0.25, -0.2) is 4.79 Å². The van der Waals surface area contributed by atoms with Gasteiger partial charge < -0.3 is 24.9 Å². The van der Waals surface area contributed by atoms with Crippen molar-refractivity contribution in [3.05, 3.63) is 148 Å². The first-order valence-corrected chi connectivity index (χ1v) is 25.7. The molecule has 344 valence electrons. The number of carbonyl (C=O) groups is 1. The Kier molecular flexibility index (Phi) is 14.0. The van der Waals surface area contributed by atoms with Crippen molar-refractivity contribution in [2.24, 2.45) is 0 Å². The van der Waals surface area contributed by atoms with Gasteiger partial charge in [0.15, 0.2) is 0 Å². The molecule has 0 saturated heterocycles. The lowest BCUT2D eigenvalue weighted by atomic mass is 9.82. The number of allylic oxidation sites excluding steroid dienone is 8. The van der Waals surface area contributed by atoms with Gasteiger partial charge in [-0.3, -0.25) is 9.11 Å². The molecule has 3 aliphatic rings. The van der Waals surface area contributed by atoms with E-state index in [4.69, 9.17) is 4.84 Å². The summed E-state index contributed by atoms with van der Waals surface area (Å²) in [5.74, 6) is -2.20. The summed E-state index contributed by atoms with van der Waals surface area (Å²) in [6, 6.07) is 25.8. The molecule has 13 nitrogen and oxygen atoms in total. The Bertz CT molecular complexity index is 2680. The van der Waals surface area contributed by atoms with Gasteiger partial charge in [-0.05, 0) is 92.5 Å². The molecule has 65 heavy (non-hydrogen) atoms. The molecule has 1 aliphatic carbocycles. The van der Waals surface area contributed by atoms with Gasteiger partial charge in [0, 0.05) is 82.1 Å². The van der Waals surface area contributed by atoms with Crippen molar-refractivity contribution in [3.8, 4) is 11.8 Å². The molecule has 0 bridgehead atoms. The second kappa shape index (κ2) is 19.1. The Hall–Kier alpha value is -5.52. The van der Waals surface area contributed by atoms with Gasteiger partial charge in [0.25, 0.3) is 20.2 Å². The van der Waals surface area contributed by atoms with Crippen LogP contribution < -0.4 is 14.6 Å². The van der Waals surface area contributed by atoms with E-state index in [-0.39, 0.29) is 27.9 Å². The lowest BCUT2D eigenvalue weighted by Crippen LogP contribution is -2.27. The van der Waals surface area contributed by atoms with E-state index in [1.807, 2.05) is 36.4 Å². The molecule has 3 aromatic carbocycles. The number of hydrogen-bond acceptors (Lipinski definition) is 10. The summed E-state index contributed by atoms with van der Waals surface area (Å²) in [6.07, 6.45) is 13.0. The quantitative estimate of drug-likeness (QED) is 0.0293. The fourth-order valence-electron chi connectivity index (χ4n) is 8.99. The number of anilines is 2. The van der Waals surface area contributed by atoms with Crippen LogP contribution in [0.1, 0.15) is 94.1 Å². The third-order valence-corrected chi connectivity index (χ3v) is 15.2. The molecule has 2 aliphatic heterocycles. The first-order chi connectivity index (χ1) is 30.7. The van der Waals surface area contributed by atoms with Crippen LogP contribution in [0.4, 0.5) is 11.4 Å². The van der Waals surface area contributed by atoms with E-state index in [1.54, 1.807) is 23.5 Å².